The number of benzene rings is 1. The van der Waals surface area contributed by atoms with E-state index in [9.17, 15) is 0 Å². The van der Waals surface area contributed by atoms with Crippen molar-refractivity contribution < 1.29 is 4.74 Å². The van der Waals surface area contributed by atoms with Crippen molar-refractivity contribution in [2.45, 2.75) is 6.04 Å². The van der Waals surface area contributed by atoms with E-state index in [1.165, 1.54) is 5.56 Å². The third-order valence-electron chi connectivity index (χ3n) is 3.07. The molecule has 0 radical (unpaired) electrons. The highest BCUT2D eigenvalue weighted by Crippen LogP contribution is 2.29. The summed E-state index contributed by atoms with van der Waals surface area (Å²) in [5.41, 5.74) is 1.25. The molecule has 0 bridgehead atoms. The zero-order valence-electron chi connectivity index (χ0n) is 9.66. The number of hydrogen-bond donors (Lipinski definition) is 1. The zero-order valence-corrected chi connectivity index (χ0v) is 10.4. The predicted octanol–water partition coefficient (Wildman–Crippen LogP) is 1.92. The largest absolute Gasteiger partial charge is 0.495 e. The normalized spacial score (nSPS) is 22.1. The van der Waals surface area contributed by atoms with Crippen molar-refractivity contribution in [1.29, 1.82) is 0 Å². The van der Waals surface area contributed by atoms with Gasteiger partial charge >= 0.3 is 0 Å². The van der Waals surface area contributed by atoms with E-state index in [4.69, 9.17) is 16.3 Å². The maximum absolute atomic E-state index is 6.02. The van der Waals surface area contributed by atoms with Crippen molar-refractivity contribution >= 4 is 11.6 Å². The van der Waals surface area contributed by atoms with Crippen LogP contribution in [0.25, 0.3) is 0 Å². The van der Waals surface area contributed by atoms with Crippen LogP contribution in [0.3, 0.4) is 0 Å². The lowest BCUT2D eigenvalue weighted by Crippen LogP contribution is -2.43. The van der Waals surface area contributed by atoms with E-state index in [0.717, 1.165) is 25.4 Å². The maximum atomic E-state index is 6.02. The number of ether oxygens (including phenoxy) is 1. The van der Waals surface area contributed by atoms with Gasteiger partial charge in [0, 0.05) is 25.7 Å². The fraction of sp³-hybridized carbons (Fsp3) is 0.500. The van der Waals surface area contributed by atoms with E-state index >= 15 is 0 Å². The Morgan fingerprint density at radius 1 is 1.50 bits per heavy atom. The first-order chi connectivity index (χ1) is 7.72. The molecule has 2 rings (SSSR count). The monoisotopic (exact) mass is 240 g/mol. The molecule has 1 aliphatic rings. The Morgan fingerprint density at radius 2 is 2.31 bits per heavy atom. The second-order valence-corrected chi connectivity index (χ2v) is 4.50. The minimum atomic E-state index is 0.403. The van der Waals surface area contributed by atoms with Crippen molar-refractivity contribution in [2.75, 3.05) is 33.8 Å². The number of nitrogens with zero attached hydrogens (tertiary/aromatic N) is 1. The standard InChI is InChI=1S/C12H17ClN2O/c1-15-6-5-14-8-11(15)9-3-4-10(13)12(7-9)16-2/h3-4,7,11,14H,5-6,8H2,1-2H3. The smallest absolute Gasteiger partial charge is 0.137 e. The maximum Gasteiger partial charge on any atom is 0.137 e. The van der Waals surface area contributed by atoms with Crippen molar-refractivity contribution in [3.8, 4) is 5.75 Å². The van der Waals surface area contributed by atoms with E-state index in [1.807, 2.05) is 12.1 Å². The lowest BCUT2D eigenvalue weighted by Gasteiger charge is -2.33. The van der Waals surface area contributed by atoms with Crippen LogP contribution in [0.15, 0.2) is 18.2 Å². The average Bonchev–Trinajstić information content (AvgIpc) is 2.31. The Hall–Kier alpha value is -0.770. The Balaban J connectivity index is 2.25. The molecule has 0 spiro atoms. The van der Waals surface area contributed by atoms with Gasteiger partial charge in [-0.2, -0.15) is 0 Å². The summed E-state index contributed by atoms with van der Waals surface area (Å²) in [4.78, 5) is 2.35. The fourth-order valence-corrected chi connectivity index (χ4v) is 2.26. The SMILES string of the molecule is COc1cc(C2CNCCN2C)ccc1Cl. The Bertz CT molecular complexity index is 370. The lowest BCUT2D eigenvalue weighted by molar-refractivity contribution is 0.202. The van der Waals surface area contributed by atoms with E-state index < -0.39 is 0 Å². The van der Waals surface area contributed by atoms with Gasteiger partial charge in [-0.1, -0.05) is 17.7 Å². The number of likely N-dealkylation sites (N-methyl/N-ethyl adjacent to an activating group) is 1. The molecule has 1 aliphatic heterocycles. The molecule has 88 valence electrons. The topological polar surface area (TPSA) is 24.5 Å². The van der Waals surface area contributed by atoms with E-state index in [2.05, 4.69) is 23.3 Å². The molecule has 1 saturated heterocycles. The molecule has 0 saturated carbocycles. The molecule has 1 aromatic rings. The van der Waals surface area contributed by atoms with Crippen molar-refractivity contribution in [3.05, 3.63) is 28.8 Å². The van der Waals surface area contributed by atoms with Gasteiger partial charge in [0.25, 0.3) is 0 Å². The summed E-state index contributed by atoms with van der Waals surface area (Å²) in [6, 6.07) is 6.40. The predicted molar refractivity (Wildman–Crippen MR) is 66.2 cm³/mol. The number of rotatable bonds is 2. The van der Waals surface area contributed by atoms with Crippen LogP contribution in [0.5, 0.6) is 5.75 Å². The third-order valence-corrected chi connectivity index (χ3v) is 3.38. The third kappa shape index (κ3) is 2.32. The summed E-state index contributed by atoms with van der Waals surface area (Å²) in [5, 5.41) is 4.06. The van der Waals surface area contributed by atoms with Gasteiger partial charge in [-0.15, -0.1) is 0 Å². The van der Waals surface area contributed by atoms with Crippen molar-refractivity contribution in [2.24, 2.45) is 0 Å². The number of nitrogens with one attached hydrogen (secondary N) is 1. The fourth-order valence-electron chi connectivity index (χ4n) is 2.06. The summed E-state index contributed by atoms with van der Waals surface area (Å²) in [7, 11) is 3.79. The molecular weight excluding hydrogens is 224 g/mol. The van der Waals surface area contributed by atoms with Gasteiger partial charge in [0.2, 0.25) is 0 Å². The number of piperazine rings is 1. The van der Waals surface area contributed by atoms with Crippen LogP contribution in [0, 0.1) is 0 Å². The molecule has 1 fully saturated rings. The summed E-state index contributed by atoms with van der Waals surface area (Å²) < 4.78 is 5.24. The molecule has 1 atom stereocenters. The highest BCUT2D eigenvalue weighted by atomic mass is 35.5. The number of halogens is 1. The van der Waals surface area contributed by atoms with Crippen LogP contribution in [-0.4, -0.2) is 38.7 Å². The van der Waals surface area contributed by atoms with E-state index in [1.54, 1.807) is 7.11 Å². The molecule has 1 N–H and O–H groups in total. The summed E-state index contributed by atoms with van der Waals surface area (Å²) in [6.45, 7) is 3.09. The van der Waals surface area contributed by atoms with Gasteiger partial charge in [0.05, 0.1) is 12.1 Å². The molecule has 4 heteroatoms. The average molecular weight is 241 g/mol. The van der Waals surface area contributed by atoms with E-state index in [-0.39, 0.29) is 0 Å². The van der Waals surface area contributed by atoms with Gasteiger partial charge in [0.15, 0.2) is 0 Å². The minimum absolute atomic E-state index is 0.403. The zero-order chi connectivity index (χ0) is 11.5. The molecule has 0 amide bonds. The Labute approximate surface area is 101 Å². The highest BCUT2D eigenvalue weighted by molar-refractivity contribution is 6.32. The first kappa shape index (κ1) is 11.7. The van der Waals surface area contributed by atoms with Gasteiger partial charge in [-0.3, -0.25) is 4.90 Å². The van der Waals surface area contributed by atoms with Crippen LogP contribution in [-0.2, 0) is 0 Å². The quantitative estimate of drug-likeness (QED) is 0.855. The summed E-state index contributed by atoms with van der Waals surface area (Å²) >= 11 is 6.02. The first-order valence-corrected chi connectivity index (χ1v) is 5.84. The molecule has 0 aliphatic carbocycles. The summed E-state index contributed by atoms with van der Waals surface area (Å²) in [6.07, 6.45) is 0. The Morgan fingerprint density at radius 3 is 3.00 bits per heavy atom. The van der Waals surface area contributed by atoms with Gasteiger partial charge in [0.1, 0.15) is 5.75 Å². The second-order valence-electron chi connectivity index (χ2n) is 4.09. The van der Waals surface area contributed by atoms with Crippen LogP contribution in [0.2, 0.25) is 5.02 Å². The molecule has 1 unspecified atom stereocenters. The van der Waals surface area contributed by atoms with Crippen LogP contribution in [0.1, 0.15) is 11.6 Å². The molecule has 16 heavy (non-hydrogen) atoms. The lowest BCUT2D eigenvalue weighted by atomic mass is 10.0. The second kappa shape index (κ2) is 5.04. The molecule has 3 nitrogen and oxygen atoms in total. The van der Waals surface area contributed by atoms with Crippen LogP contribution >= 0.6 is 11.6 Å². The number of hydrogen-bond acceptors (Lipinski definition) is 3. The first-order valence-electron chi connectivity index (χ1n) is 5.47. The van der Waals surface area contributed by atoms with Crippen LogP contribution in [0.4, 0.5) is 0 Å². The molecular formula is C12H17ClN2O. The molecule has 1 aromatic carbocycles. The minimum Gasteiger partial charge on any atom is -0.495 e. The Kier molecular flexibility index (Phi) is 3.69. The van der Waals surface area contributed by atoms with Gasteiger partial charge in [-0.25, -0.2) is 0 Å². The van der Waals surface area contributed by atoms with Crippen molar-refractivity contribution in [1.82, 2.24) is 10.2 Å². The van der Waals surface area contributed by atoms with Crippen molar-refractivity contribution in [3.63, 3.8) is 0 Å². The van der Waals surface area contributed by atoms with Crippen LogP contribution < -0.4 is 10.1 Å². The number of methoxy groups -OCH3 is 1. The van der Waals surface area contributed by atoms with Gasteiger partial charge < -0.3 is 10.1 Å². The highest BCUT2D eigenvalue weighted by Gasteiger charge is 2.20. The molecule has 1 heterocycles. The summed E-state index contributed by atoms with van der Waals surface area (Å²) in [5.74, 6) is 0.748. The van der Waals surface area contributed by atoms with E-state index in [0.29, 0.717) is 11.1 Å². The molecule has 0 aromatic heterocycles. The van der Waals surface area contributed by atoms with Gasteiger partial charge in [-0.05, 0) is 24.7 Å².